The molecule has 0 aliphatic carbocycles. The number of fused-ring (bicyclic) bond motifs is 1. The minimum Gasteiger partial charge on any atom is -0.351 e. The molecule has 0 spiro atoms. The van der Waals surface area contributed by atoms with Crippen LogP contribution in [0.5, 0.6) is 0 Å². The summed E-state index contributed by atoms with van der Waals surface area (Å²) in [6.45, 7) is 4.30. The zero-order valence-electron chi connectivity index (χ0n) is 13.3. The Morgan fingerprint density at radius 2 is 2.00 bits per heavy atom. The number of nitrogens with one attached hydrogen (secondary N) is 2. The van der Waals surface area contributed by atoms with E-state index >= 15 is 0 Å². The van der Waals surface area contributed by atoms with Crippen LogP contribution in [0.15, 0.2) is 47.4 Å². The Balaban J connectivity index is 0.00000208. The fourth-order valence-corrected chi connectivity index (χ4v) is 3.75. The van der Waals surface area contributed by atoms with Crippen LogP contribution >= 0.6 is 35.8 Å². The number of halogens is 2. The van der Waals surface area contributed by atoms with Gasteiger partial charge in [-0.3, -0.25) is 4.79 Å². The molecule has 1 unspecified atom stereocenters. The molecule has 0 radical (unpaired) electrons. The zero-order chi connectivity index (χ0) is 16.2. The molecule has 2 N–H and O–H groups in total. The van der Waals surface area contributed by atoms with Crippen LogP contribution < -0.4 is 10.6 Å². The molecule has 128 valence electrons. The molecule has 3 nitrogen and oxygen atoms in total. The highest BCUT2D eigenvalue weighted by Gasteiger charge is 2.16. The second-order valence-electron chi connectivity index (χ2n) is 5.61. The van der Waals surface area contributed by atoms with Crippen LogP contribution in [0.2, 0.25) is 5.02 Å². The summed E-state index contributed by atoms with van der Waals surface area (Å²) in [6, 6.07) is 14.0. The van der Waals surface area contributed by atoms with Crippen molar-refractivity contribution in [1.82, 2.24) is 10.6 Å². The molecule has 0 bridgehead atoms. The Morgan fingerprint density at radius 3 is 2.79 bits per heavy atom. The number of hydrogen-bond donors (Lipinski definition) is 2. The molecular formula is C18H20Cl2N2OS. The van der Waals surface area contributed by atoms with Gasteiger partial charge in [-0.05, 0) is 35.7 Å². The van der Waals surface area contributed by atoms with E-state index in [2.05, 4.69) is 28.8 Å². The van der Waals surface area contributed by atoms with Crippen molar-refractivity contribution in [2.45, 2.75) is 36.7 Å². The maximum absolute atomic E-state index is 12.3. The molecule has 0 saturated carbocycles. The molecule has 3 rings (SSSR count). The van der Waals surface area contributed by atoms with Crippen molar-refractivity contribution in [3.63, 3.8) is 0 Å². The van der Waals surface area contributed by atoms with Crippen LogP contribution in [0, 0.1) is 0 Å². The number of amides is 1. The molecule has 1 atom stereocenters. The molecule has 2 aromatic rings. The van der Waals surface area contributed by atoms with Gasteiger partial charge in [0.2, 0.25) is 5.91 Å². The molecule has 0 aromatic heterocycles. The first-order valence-electron chi connectivity index (χ1n) is 7.64. The van der Waals surface area contributed by atoms with Gasteiger partial charge >= 0.3 is 0 Å². The SMILES string of the molecule is CC(Sc1ccccc1Cl)C(=O)NCc1ccc2c(c1)CNC2.Cl. The normalized spacial score (nSPS) is 13.8. The van der Waals surface area contributed by atoms with E-state index in [1.165, 1.54) is 22.9 Å². The summed E-state index contributed by atoms with van der Waals surface area (Å²) in [5.41, 5.74) is 3.81. The van der Waals surface area contributed by atoms with Crippen molar-refractivity contribution >= 4 is 41.7 Å². The van der Waals surface area contributed by atoms with Crippen molar-refractivity contribution in [2.75, 3.05) is 0 Å². The van der Waals surface area contributed by atoms with E-state index in [1.807, 2.05) is 31.2 Å². The maximum Gasteiger partial charge on any atom is 0.233 e. The molecule has 6 heteroatoms. The van der Waals surface area contributed by atoms with Crippen molar-refractivity contribution in [2.24, 2.45) is 0 Å². The highest BCUT2D eigenvalue weighted by atomic mass is 35.5. The van der Waals surface area contributed by atoms with Crippen LogP contribution in [0.1, 0.15) is 23.6 Å². The predicted octanol–water partition coefficient (Wildman–Crippen LogP) is 4.16. The first-order chi connectivity index (χ1) is 11.1. The maximum atomic E-state index is 12.3. The summed E-state index contributed by atoms with van der Waals surface area (Å²) in [5.74, 6) is 0.0218. The number of rotatable bonds is 5. The van der Waals surface area contributed by atoms with Gasteiger partial charge in [-0.25, -0.2) is 0 Å². The van der Waals surface area contributed by atoms with E-state index in [9.17, 15) is 4.79 Å². The van der Waals surface area contributed by atoms with Gasteiger partial charge in [-0.1, -0.05) is 41.9 Å². The number of thioether (sulfide) groups is 1. The molecule has 24 heavy (non-hydrogen) atoms. The Bertz CT molecular complexity index is 724. The molecule has 0 fully saturated rings. The molecule has 1 aliphatic heterocycles. The summed E-state index contributed by atoms with van der Waals surface area (Å²) in [4.78, 5) is 13.2. The van der Waals surface area contributed by atoms with Gasteiger partial charge in [0.25, 0.3) is 0 Å². The fraction of sp³-hybridized carbons (Fsp3) is 0.278. The molecule has 0 saturated heterocycles. The quantitative estimate of drug-likeness (QED) is 0.762. The standard InChI is InChI=1S/C18H19ClN2OS.ClH/c1-12(23-17-5-3-2-4-16(17)19)18(22)21-9-13-6-7-14-10-20-11-15(14)8-13;/h2-8,12,20H,9-11H2,1H3,(H,21,22);1H. The Kier molecular flexibility index (Phi) is 6.99. The van der Waals surface area contributed by atoms with Gasteiger partial charge in [0.05, 0.1) is 10.3 Å². The van der Waals surface area contributed by atoms with Crippen LogP contribution in [0.4, 0.5) is 0 Å². The third-order valence-electron chi connectivity index (χ3n) is 3.88. The summed E-state index contributed by atoms with van der Waals surface area (Å²) in [5, 5.41) is 6.83. The number of carbonyl (C=O) groups is 1. The van der Waals surface area contributed by atoms with E-state index < -0.39 is 0 Å². The van der Waals surface area contributed by atoms with Gasteiger partial charge in [-0.2, -0.15) is 0 Å². The van der Waals surface area contributed by atoms with Gasteiger partial charge in [0.1, 0.15) is 0 Å². The first-order valence-corrected chi connectivity index (χ1v) is 8.89. The van der Waals surface area contributed by atoms with Crippen LogP contribution in [-0.2, 0) is 24.4 Å². The Labute approximate surface area is 158 Å². The monoisotopic (exact) mass is 382 g/mol. The van der Waals surface area contributed by atoms with E-state index in [0.29, 0.717) is 11.6 Å². The third kappa shape index (κ3) is 4.67. The number of hydrogen-bond acceptors (Lipinski definition) is 3. The van der Waals surface area contributed by atoms with Gasteiger partial charge in [0, 0.05) is 24.5 Å². The minimum atomic E-state index is -0.189. The summed E-state index contributed by atoms with van der Waals surface area (Å²) in [7, 11) is 0. The lowest BCUT2D eigenvalue weighted by Gasteiger charge is -2.13. The average Bonchev–Trinajstić information content (AvgIpc) is 3.02. The van der Waals surface area contributed by atoms with Gasteiger partial charge < -0.3 is 10.6 Å². The smallest absolute Gasteiger partial charge is 0.233 e. The topological polar surface area (TPSA) is 41.1 Å². The average molecular weight is 383 g/mol. The van der Waals surface area contributed by atoms with Crippen molar-refractivity contribution in [3.8, 4) is 0 Å². The van der Waals surface area contributed by atoms with Gasteiger partial charge in [-0.15, -0.1) is 24.2 Å². The van der Waals surface area contributed by atoms with E-state index in [-0.39, 0.29) is 23.6 Å². The molecule has 1 heterocycles. The number of benzene rings is 2. The molecule has 1 aliphatic rings. The minimum absolute atomic E-state index is 0. The largest absolute Gasteiger partial charge is 0.351 e. The summed E-state index contributed by atoms with van der Waals surface area (Å²) < 4.78 is 0. The van der Waals surface area contributed by atoms with Crippen molar-refractivity contribution in [3.05, 3.63) is 64.2 Å². The van der Waals surface area contributed by atoms with Crippen LogP contribution in [0.25, 0.3) is 0 Å². The zero-order valence-corrected chi connectivity index (χ0v) is 15.7. The molecular weight excluding hydrogens is 363 g/mol. The van der Waals surface area contributed by atoms with E-state index in [0.717, 1.165) is 23.5 Å². The second kappa shape index (κ2) is 8.77. The molecule has 2 aromatic carbocycles. The Morgan fingerprint density at radius 1 is 1.25 bits per heavy atom. The lowest BCUT2D eigenvalue weighted by Crippen LogP contribution is -2.30. The summed E-state index contributed by atoms with van der Waals surface area (Å²) in [6.07, 6.45) is 0. The first kappa shape index (κ1) is 19.1. The predicted molar refractivity (Wildman–Crippen MR) is 103 cm³/mol. The van der Waals surface area contributed by atoms with Crippen LogP contribution in [0.3, 0.4) is 0 Å². The summed E-state index contributed by atoms with van der Waals surface area (Å²) >= 11 is 7.62. The van der Waals surface area contributed by atoms with E-state index in [4.69, 9.17) is 11.6 Å². The van der Waals surface area contributed by atoms with E-state index in [1.54, 1.807) is 0 Å². The third-order valence-corrected chi connectivity index (χ3v) is 5.50. The fourth-order valence-electron chi connectivity index (χ4n) is 2.58. The highest BCUT2D eigenvalue weighted by Crippen LogP contribution is 2.30. The second-order valence-corrected chi connectivity index (χ2v) is 7.40. The van der Waals surface area contributed by atoms with Crippen LogP contribution in [-0.4, -0.2) is 11.2 Å². The number of carbonyl (C=O) groups excluding carboxylic acids is 1. The van der Waals surface area contributed by atoms with Crippen molar-refractivity contribution in [1.29, 1.82) is 0 Å². The lowest BCUT2D eigenvalue weighted by atomic mass is 10.1. The highest BCUT2D eigenvalue weighted by molar-refractivity contribution is 8.00. The lowest BCUT2D eigenvalue weighted by molar-refractivity contribution is -0.120. The molecule has 1 amide bonds. The van der Waals surface area contributed by atoms with Crippen molar-refractivity contribution < 1.29 is 4.79 Å². The Hall–Kier alpha value is -1.20. The van der Waals surface area contributed by atoms with Gasteiger partial charge in [0.15, 0.2) is 0 Å².